The van der Waals surface area contributed by atoms with Crippen molar-refractivity contribution in [1.82, 2.24) is 10.2 Å². The van der Waals surface area contributed by atoms with Crippen molar-refractivity contribution in [2.75, 3.05) is 17.9 Å². The Bertz CT molecular complexity index is 1370. The van der Waals surface area contributed by atoms with Crippen LogP contribution in [-0.2, 0) is 26.2 Å². The third-order valence-electron chi connectivity index (χ3n) is 5.88. The van der Waals surface area contributed by atoms with Crippen LogP contribution in [0.4, 0.5) is 5.69 Å². The first-order valence-electron chi connectivity index (χ1n) is 11.7. The number of anilines is 1. The van der Waals surface area contributed by atoms with Crippen molar-refractivity contribution in [3.63, 3.8) is 0 Å². The van der Waals surface area contributed by atoms with Crippen molar-refractivity contribution in [1.29, 1.82) is 0 Å². The number of carbonyl (C=O) groups is 2. The summed E-state index contributed by atoms with van der Waals surface area (Å²) in [5.74, 6) is -0.908. The van der Waals surface area contributed by atoms with E-state index < -0.39 is 28.5 Å². The fraction of sp³-hybridized carbons (Fsp3) is 0.259. The number of halogens is 2. The molecule has 0 aliphatic rings. The fourth-order valence-electron chi connectivity index (χ4n) is 4.01. The number of benzene rings is 3. The molecule has 3 aromatic carbocycles. The van der Waals surface area contributed by atoms with Crippen molar-refractivity contribution in [3.8, 4) is 0 Å². The van der Waals surface area contributed by atoms with Gasteiger partial charge in [0.2, 0.25) is 11.8 Å². The highest BCUT2D eigenvalue weighted by Gasteiger charge is 2.34. The average molecular weight is 563 g/mol. The van der Waals surface area contributed by atoms with E-state index in [1.54, 1.807) is 31.2 Å². The first-order valence-corrected chi connectivity index (χ1v) is 13.9. The van der Waals surface area contributed by atoms with Gasteiger partial charge in [0.05, 0.1) is 20.6 Å². The molecule has 1 atom stereocenters. The first-order chi connectivity index (χ1) is 17.6. The van der Waals surface area contributed by atoms with Crippen LogP contribution in [-0.4, -0.2) is 44.8 Å². The number of sulfonamides is 1. The second kappa shape index (κ2) is 12.4. The van der Waals surface area contributed by atoms with Gasteiger partial charge in [0.15, 0.2) is 0 Å². The van der Waals surface area contributed by atoms with E-state index in [-0.39, 0.29) is 33.1 Å². The highest BCUT2D eigenvalue weighted by atomic mass is 35.5. The Balaban J connectivity index is 2.10. The molecule has 0 saturated carbocycles. The van der Waals surface area contributed by atoms with Gasteiger partial charge in [-0.05, 0) is 43.2 Å². The number of hydrogen-bond donors (Lipinski definition) is 1. The third kappa shape index (κ3) is 6.63. The summed E-state index contributed by atoms with van der Waals surface area (Å²) in [4.78, 5) is 28.0. The van der Waals surface area contributed by atoms with Crippen LogP contribution in [0.25, 0.3) is 0 Å². The Labute approximate surface area is 228 Å². The monoisotopic (exact) mass is 561 g/mol. The number of nitrogens with one attached hydrogen (secondary N) is 1. The van der Waals surface area contributed by atoms with Gasteiger partial charge in [-0.25, -0.2) is 8.42 Å². The second-order valence-electron chi connectivity index (χ2n) is 8.45. The van der Waals surface area contributed by atoms with E-state index in [9.17, 15) is 18.0 Å². The van der Waals surface area contributed by atoms with Gasteiger partial charge in [0.25, 0.3) is 10.0 Å². The van der Waals surface area contributed by atoms with Crippen molar-refractivity contribution >= 4 is 50.7 Å². The molecule has 37 heavy (non-hydrogen) atoms. The molecule has 0 spiro atoms. The molecule has 0 saturated heterocycles. The predicted octanol–water partition coefficient (Wildman–Crippen LogP) is 5.05. The van der Waals surface area contributed by atoms with E-state index in [0.717, 1.165) is 15.4 Å². The van der Waals surface area contributed by atoms with E-state index in [1.165, 1.54) is 36.2 Å². The quantitative estimate of drug-likeness (QED) is 0.375. The SMILES string of the molecule is CC[C@@H](C(=O)NC)N(Cc1cccc(C)c1)C(=O)CN(c1cccc(Cl)c1Cl)S(=O)(=O)c1ccccc1. The molecule has 0 aliphatic carbocycles. The van der Waals surface area contributed by atoms with Crippen LogP contribution in [0.2, 0.25) is 10.0 Å². The maximum absolute atomic E-state index is 13.9. The van der Waals surface area contributed by atoms with Crippen LogP contribution in [0.15, 0.2) is 77.7 Å². The zero-order chi connectivity index (χ0) is 27.2. The Hall–Kier alpha value is -3.07. The normalized spacial score (nSPS) is 12.0. The molecular formula is C27H29Cl2N3O4S. The molecule has 3 aromatic rings. The zero-order valence-corrected chi connectivity index (χ0v) is 23.1. The maximum atomic E-state index is 13.9. The lowest BCUT2D eigenvalue weighted by Gasteiger charge is -2.33. The van der Waals surface area contributed by atoms with Crippen LogP contribution in [0.3, 0.4) is 0 Å². The summed E-state index contributed by atoms with van der Waals surface area (Å²) in [6, 6.07) is 19.1. The van der Waals surface area contributed by atoms with Crippen molar-refractivity contribution in [3.05, 3.63) is 94.0 Å². The van der Waals surface area contributed by atoms with E-state index in [0.29, 0.717) is 6.42 Å². The summed E-state index contributed by atoms with van der Waals surface area (Å²) in [6.45, 7) is 3.26. The molecule has 0 unspecified atom stereocenters. The van der Waals surface area contributed by atoms with E-state index in [1.807, 2.05) is 31.2 Å². The number of rotatable bonds is 10. The highest BCUT2D eigenvalue weighted by Crippen LogP contribution is 2.35. The second-order valence-corrected chi connectivity index (χ2v) is 11.1. The Morgan fingerprint density at radius 3 is 2.27 bits per heavy atom. The zero-order valence-electron chi connectivity index (χ0n) is 20.8. The Kier molecular flexibility index (Phi) is 9.59. The standard InChI is InChI=1S/C27H29Cl2N3O4S/c1-4-23(27(34)30-3)31(17-20-11-8-10-19(2)16-20)25(33)18-32(24-15-9-14-22(28)26(24)29)37(35,36)21-12-6-5-7-13-21/h5-16,23H,4,17-18H2,1-3H3,(H,30,34)/t23-/m0/s1. The average Bonchev–Trinajstić information content (AvgIpc) is 2.89. The molecule has 3 rings (SSSR count). The summed E-state index contributed by atoms with van der Waals surface area (Å²) in [5.41, 5.74) is 1.88. The first kappa shape index (κ1) is 28.5. The van der Waals surface area contributed by atoms with Gasteiger partial charge in [0.1, 0.15) is 12.6 Å². The molecule has 0 aromatic heterocycles. The number of aryl methyl sites for hydroxylation is 1. The van der Waals surface area contributed by atoms with Crippen molar-refractivity contribution < 1.29 is 18.0 Å². The van der Waals surface area contributed by atoms with Gasteiger partial charge < -0.3 is 10.2 Å². The molecule has 196 valence electrons. The molecule has 0 aliphatic heterocycles. The van der Waals surface area contributed by atoms with Gasteiger partial charge in [-0.15, -0.1) is 0 Å². The molecule has 7 nitrogen and oxygen atoms in total. The van der Waals surface area contributed by atoms with E-state index in [2.05, 4.69) is 5.32 Å². The molecule has 0 radical (unpaired) electrons. The predicted molar refractivity (Wildman–Crippen MR) is 147 cm³/mol. The van der Waals surface area contributed by atoms with Crippen LogP contribution < -0.4 is 9.62 Å². The van der Waals surface area contributed by atoms with Gasteiger partial charge >= 0.3 is 0 Å². The largest absolute Gasteiger partial charge is 0.357 e. The van der Waals surface area contributed by atoms with Gasteiger partial charge in [-0.1, -0.05) is 84.2 Å². The van der Waals surface area contributed by atoms with Gasteiger partial charge in [-0.2, -0.15) is 0 Å². The summed E-state index contributed by atoms with van der Waals surface area (Å²) in [7, 11) is -2.72. The number of hydrogen-bond acceptors (Lipinski definition) is 4. The van der Waals surface area contributed by atoms with Crippen LogP contribution >= 0.6 is 23.2 Å². The number of carbonyl (C=O) groups excluding carboxylic acids is 2. The lowest BCUT2D eigenvalue weighted by Crippen LogP contribution is -2.51. The Morgan fingerprint density at radius 2 is 1.65 bits per heavy atom. The van der Waals surface area contributed by atoms with Crippen LogP contribution in [0.5, 0.6) is 0 Å². The number of amides is 2. The highest BCUT2D eigenvalue weighted by molar-refractivity contribution is 7.92. The molecule has 10 heteroatoms. The maximum Gasteiger partial charge on any atom is 0.264 e. The summed E-state index contributed by atoms with van der Waals surface area (Å²) < 4.78 is 28.5. The minimum atomic E-state index is -4.22. The topological polar surface area (TPSA) is 86.8 Å². The fourth-order valence-corrected chi connectivity index (χ4v) is 5.91. The minimum Gasteiger partial charge on any atom is -0.357 e. The van der Waals surface area contributed by atoms with Crippen molar-refractivity contribution in [2.45, 2.75) is 37.8 Å². The van der Waals surface area contributed by atoms with Crippen LogP contribution in [0.1, 0.15) is 24.5 Å². The molecule has 0 bridgehead atoms. The number of nitrogens with zero attached hydrogens (tertiary/aromatic N) is 2. The Morgan fingerprint density at radius 1 is 0.973 bits per heavy atom. The smallest absolute Gasteiger partial charge is 0.264 e. The number of likely N-dealkylation sites (N-methyl/N-ethyl adjacent to an activating group) is 1. The van der Waals surface area contributed by atoms with Gasteiger partial charge in [0, 0.05) is 13.6 Å². The van der Waals surface area contributed by atoms with Gasteiger partial charge in [-0.3, -0.25) is 13.9 Å². The van der Waals surface area contributed by atoms with Crippen molar-refractivity contribution in [2.24, 2.45) is 0 Å². The molecular weight excluding hydrogens is 533 g/mol. The van der Waals surface area contributed by atoms with E-state index >= 15 is 0 Å². The summed E-state index contributed by atoms with van der Waals surface area (Å²) >= 11 is 12.6. The lowest BCUT2D eigenvalue weighted by atomic mass is 10.1. The summed E-state index contributed by atoms with van der Waals surface area (Å²) in [6.07, 6.45) is 0.334. The molecule has 1 N–H and O–H groups in total. The minimum absolute atomic E-state index is 0.0000460. The molecule has 2 amide bonds. The third-order valence-corrected chi connectivity index (χ3v) is 8.46. The van der Waals surface area contributed by atoms with E-state index in [4.69, 9.17) is 23.2 Å². The molecule has 0 heterocycles. The van der Waals surface area contributed by atoms with Crippen LogP contribution in [0, 0.1) is 6.92 Å². The summed E-state index contributed by atoms with van der Waals surface area (Å²) in [5, 5.41) is 2.75. The lowest BCUT2D eigenvalue weighted by molar-refractivity contribution is -0.140. The molecule has 0 fully saturated rings.